The molecule has 0 spiro atoms. The first-order valence-corrected chi connectivity index (χ1v) is 9.52. The fourth-order valence-corrected chi connectivity index (χ4v) is 3.80. The molecule has 0 fully saturated rings. The maximum absolute atomic E-state index is 13.1. The predicted octanol–water partition coefficient (Wildman–Crippen LogP) is 2.94. The highest BCUT2D eigenvalue weighted by molar-refractivity contribution is 7.88. The van der Waals surface area contributed by atoms with E-state index < -0.39 is 10.0 Å². The second-order valence-electron chi connectivity index (χ2n) is 6.08. The third-order valence-electron chi connectivity index (χ3n) is 3.34. The van der Waals surface area contributed by atoms with Gasteiger partial charge in [0, 0.05) is 19.1 Å². The van der Waals surface area contributed by atoms with Crippen LogP contribution in [0.15, 0.2) is 48.5 Å². The van der Waals surface area contributed by atoms with Gasteiger partial charge in [0.2, 0.25) is 10.0 Å². The minimum Gasteiger partial charge on any atom is -0.309 e. The van der Waals surface area contributed by atoms with E-state index in [4.69, 9.17) is 0 Å². The molecule has 0 aromatic heterocycles. The molecule has 24 heavy (non-hydrogen) atoms. The molecular formula is C18H23FN2O2S. The molecule has 0 heterocycles. The van der Waals surface area contributed by atoms with Crippen molar-refractivity contribution < 1.29 is 12.8 Å². The Morgan fingerprint density at radius 3 is 2.21 bits per heavy atom. The van der Waals surface area contributed by atoms with Gasteiger partial charge in [-0.1, -0.05) is 36.4 Å². The van der Waals surface area contributed by atoms with Crippen LogP contribution in [0.2, 0.25) is 0 Å². The Labute approximate surface area is 143 Å². The zero-order valence-corrected chi connectivity index (χ0v) is 14.7. The second-order valence-corrected chi connectivity index (χ2v) is 7.84. The fraction of sp³-hybridized carbons (Fsp3) is 0.333. The molecule has 2 N–H and O–H groups in total. The van der Waals surface area contributed by atoms with Crippen LogP contribution in [-0.4, -0.2) is 14.5 Å². The molecule has 2 rings (SSSR count). The zero-order chi connectivity index (χ0) is 17.6. The zero-order valence-electron chi connectivity index (χ0n) is 13.9. The molecule has 0 saturated carbocycles. The number of halogens is 1. The molecule has 2 aromatic carbocycles. The molecule has 6 heteroatoms. The van der Waals surface area contributed by atoms with E-state index in [1.165, 1.54) is 12.1 Å². The summed E-state index contributed by atoms with van der Waals surface area (Å²) < 4.78 is 39.5. The van der Waals surface area contributed by atoms with E-state index in [0.717, 1.165) is 16.7 Å². The van der Waals surface area contributed by atoms with Crippen molar-refractivity contribution in [2.75, 3.05) is 0 Å². The van der Waals surface area contributed by atoms with Crippen molar-refractivity contribution in [2.24, 2.45) is 0 Å². The van der Waals surface area contributed by atoms with Crippen LogP contribution in [0.1, 0.15) is 30.5 Å². The van der Waals surface area contributed by atoms with Crippen molar-refractivity contribution in [2.45, 2.75) is 38.7 Å². The number of nitrogens with one attached hydrogen (secondary N) is 2. The summed E-state index contributed by atoms with van der Waals surface area (Å²) in [5, 5.41) is 3.24. The average Bonchev–Trinajstić information content (AvgIpc) is 2.47. The van der Waals surface area contributed by atoms with Gasteiger partial charge >= 0.3 is 0 Å². The molecule has 130 valence electrons. The Bertz CT molecular complexity index is 759. The van der Waals surface area contributed by atoms with E-state index in [-0.39, 0.29) is 17.6 Å². The number of benzene rings is 2. The third-order valence-corrected chi connectivity index (χ3v) is 4.89. The molecule has 0 bridgehead atoms. The summed E-state index contributed by atoms with van der Waals surface area (Å²) in [4.78, 5) is 0. The van der Waals surface area contributed by atoms with Crippen LogP contribution < -0.4 is 10.0 Å². The molecule has 4 nitrogen and oxygen atoms in total. The summed E-state index contributed by atoms with van der Waals surface area (Å²) >= 11 is 0. The van der Waals surface area contributed by atoms with Gasteiger partial charge < -0.3 is 5.32 Å². The summed E-state index contributed by atoms with van der Waals surface area (Å²) in [6, 6.07) is 13.8. The van der Waals surface area contributed by atoms with E-state index in [0.29, 0.717) is 13.1 Å². The standard InChI is InChI=1S/C18H23FN2O2S/c1-14(2)21-24(22,23)13-16-8-6-15(7-9-16)11-20-12-17-4-3-5-18(19)10-17/h3-10,14,20-21H,11-13H2,1-2H3. The van der Waals surface area contributed by atoms with Gasteiger partial charge in [0.1, 0.15) is 5.82 Å². The van der Waals surface area contributed by atoms with Crippen molar-refractivity contribution >= 4 is 10.0 Å². The van der Waals surface area contributed by atoms with E-state index in [2.05, 4.69) is 10.0 Å². The Morgan fingerprint density at radius 2 is 1.58 bits per heavy atom. The quantitative estimate of drug-likeness (QED) is 0.770. The molecule has 0 amide bonds. The molecule has 2 aromatic rings. The van der Waals surface area contributed by atoms with E-state index in [1.54, 1.807) is 19.9 Å². The smallest absolute Gasteiger partial charge is 0.216 e. The lowest BCUT2D eigenvalue weighted by molar-refractivity contribution is 0.569. The fourth-order valence-electron chi connectivity index (χ4n) is 2.37. The maximum atomic E-state index is 13.1. The van der Waals surface area contributed by atoms with Crippen LogP contribution in [0.25, 0.3) is 0 Å². The monoisotopic (exact) mass is 350 g/mol. The molecule has 0 radical (unpaired) electrons. The van der Waals surface area contributed by atoms with Gasteiger partial charge in [0.25, 0.3) is 0 Å². The molecule has 0 aliphatic rings. The summed E-state index contributed by atoms with van der Waals surface area (Å²) in [5.74, 6) is -0.266. The molecule has 0 aliphatic carbocycles. The van der Waals surface area contributed by atoms with Crippen LogP contribution in [0.4, 0.5) is 4.39 Å². The largest absolute Gasteiger partial charge is 0.309 e. The van der Waals surface area contributed by atoms with E-state index >= 15 is 0 Å². The average molecular weight is 350 g/mol. The molecule has 0 atom stereocenters. The minimum atomic E-state index is -3.30. The SMILES string of the molecule is CC(C)NS(=O)(=O)Cc1ccc(CNCc2cccc(F)c2)cc1. The summed E-state index contributed by atoms with van der Waals surface area (Å²) in [7, 11) is -3.30. The van der Waals surface area contributed by atoms with Crippen molar-refractivity contribution in [1.82, 2.24) is 10.0 Å². The Balaban J connectivity index is 1.86. The van der Waals surface area contributed by atoms with Crippen LogP contribution >= 0.6 is 0 Å². The minimum absolute atomic E-state index is 0.0256. The van der Waals surface area contributed by atoms with Crippen molar-refractivity contribution in [3.8, 4) is 0 Å². The van der Waals surface area contributed by atoms with Crippen LogP contribution in [0.5, 0.6) is 0 Å². The maximum Gasteiger partial charge on any atom is 0.216 e. The highest BCUT2D eigenvalue weighted by Gasteiger charge is 2.12. The lowest BCUT2D eigenvalue weighted by Gasteiger charge is -2.10. The van der Waals surface area contributed by atoms with Gasteiger partial charge in [0.05, 0.1) is 5.75 Å². The highest BCUT2D eigenvalue weighted by atomic mass is 32.2. The second kappa shape index (κ2) is 8.37. The lowest BCUT2D eigenvalue weighted by atomic mass is 10.1. The first-order valence-electron chi connectivity index (χ1n) is 7.87. The topological polar surface area (TPSA) is 58.2 Å². The highest BCUT2D eigenvalue weighted by Crippen LogP contribution is 2.09. The van der Waals surface area contributed by atoms with E-state index in [1.807, 2.05) is 30.3 Å². The van der Waals surface area contributed by atoms with Crippen molar-refractivity contribution in [1.29, 1.82) is 0 Å². The summed E-state index contributed by atoms with van der Waals surface area (Å²) in [5.41, 5.74) is 2.68. The Hall–Kier alpha value is -1.76. The van der Waals surface area contributed by atoms with E-state index in [9.17, 15) is 12.8 Å². The van der Waals surface area contributed by atoms with Gasteiger partial charge in [-0.2, -0.15) is 0 Å². The van der Waals surface area contributed by atoms with Gasteiger partial charge in [-0.25, -0.2) is 17.5 Å². The lowest BCUT2D eigenvalue weighted by Crippen LogP contribution is -2.31. The predicted molar refractivity (Wildman–Crippen MR) is 94.3 cm³/mol. The summed E-state index contributed by atoms with van der Waals surface area (Å²) in [6.45, 7) is 4.80. The molecule has 0 aliphatic heterocycles. The van der Waals surface area contributed by atoms with Gasteiger partial charge in [0.15, 0.2) is 0 Å². The van der Waals surface area contributed by atoms with Crippen LogP contribution in [0, 0.1) is 5.82 Å². The van der Waals surface area contributed by atoms with Crippen LogP contribution in [-0.2, 0) is 28.9 Å². The first kappa shape index (κ1) is 18.6. The summed E-state index contributed by atoms with van der Waals surface area (Å²) in [6.07, 6.45) is 0. The normalized spacial score (nSPS) is 11.8. The number of rotatable bonds is 8. The van der Waals surface area contributed by atoms with Crippen molar-refractivity contribution in [3.63, 3.8) is 0 Å². The third kappa shape index (κ3) is 6.39. The molecule has 0 unspecified atom stereocenters. The van der Waals surface area contributed by atoms with Gasteiger partial charge in [-0.05, 0) is 42.7 Å². The Morgan fingerprint density at radius 1 is 0.958 bits per heavy atom. The number of hydrogen-bond donors (Lipinski definition) is 2. The number of hydrogen-bond acceptors (Lipinski definition) is 3. The molecule has 0 saturated heterocycles. The van der Waals surface area contributed by atoms with Crippen molar-refractivity contribution in [3.05, 3.63) is 71.0 Å². The molecular weight excluding hydrogens is 327 g/mol. The van der Waals surface area contributed by atoms with Crippen LogP contribution in [0.3, 0.4) is 0 Å². The van der Waals surface area contributed by atoms with Gasteiger partial charge in [-0.15, -0.1) is 0 Å². The first-order chi connectivity index (χ1) is 11.3. The Kier molecular flexibility index (Phi) is 6.48. The van der Waals surface area contributed by atoms with Gasteiger partial charge in [-0.3, -0.25) is 0 Å². The number of sulfonamides is 1.